The fraction of sp³-hybridized carbons (Fsp3) is 0.857. The highest BCUT2D eigenvalue weighted by atomic mass is 16.5. The van der Waals surface area contributed by atoms with E-state index in [9.17, 15) is 4.79 Å². The molecule has 1 aliphatic rings. The quantitative estimate of drug-likeness (QED) is 0.487. The standard InChI is InChI=1S/C7H14N2O2/c1-5-4-11-3-2-6(8)7(10)9-5/h5-6H,2-4,8H2,1H3,(H,9,10)/t5-,6-/m0/s1. The van der Waals surface area contributed by atoms with Gasteiger partial charge in [0.15, 0.2) is 0 Å². The van der Waals surface area contributed by atoms with E-state index in [1.165, 1.54) is 0 Å². The van der Waals surface area contributed by atoms with Gasteiger partial charge >= 0.3 is 0 Å². The predicted octanol–water partition coefficient (Wildman–Crippen LogP) is -0.761. The second-order valence-electron chi connectivity index (χ2n) is 2.88. The molecule has 1 fully saturated rings. The second-order valence-corrected chi connectivity index (χ2v) is 2.88. The van der Waals surface area contributed by atoms with E-state index >= 15 is 0 Å². The second kappa shape index (κ2) is 3.69. The van der Waals surface area contributed by atoms with Crippen LogP contribution >= 0.6 is 0 Å². The Balaban J connectivity index is 2.45. The number of amides is 1. The molecule has 1 amide bonds. The van der Waals surface area contributed by atoms with Crippen molar-refractivity contribution in [1.29, 1.82) is 0 Å². The van der Waals surface area contributed by atoms with E-state index in [1.807, 2.05) is 6.92 Å². The Labute approximate surface area is 66.1 Å². The van der Waals surface area contributed by atoms with E-state index in [0.29, 0.717) is 19.6 Å². The molecule has 1 aliphatic heterocycles. The first kappa shape index (κ1) is 8.49. The molecule has 2 atom stereocenters. The lowest BCUT2D eigenvalue weighted by Gasteiger charge is -2.21. The molecule has 0 aromatic rings. The van der Waals surface area contributed by atoms with Crippen molar-refractivity contribution in [3.05, 3.63) is 0 Å². The van der Waals surface area contributed by atoms with Crippen LogP contribution in [0.3, 0.4) is 0 Å². The van der Waals surface area contributed by atoms with Gasteiger partial charge in [-0.05, 0) is 13.3 Å². The van der Waals surface area contributed by atoms with Crippen molar-refractivity contribution >= 4 is 5.91 Å². The zero-order chi connectivity index (χ0) is 8.27. The highest BCUT2D eigenvalue weighted by molar-refractivity contribution is 5.81. The summed E-state index contributed by atoms with van der Waals surface area (Å²) < 4.78 is 5.21. The minimum atomic E-state index is -0.405. The van der Waals surface area contributed by atoms with Crippen LogP contribution in [0.1, 0.15) is 13.3 Å². The minimum absolute atomic E-state index is 0.0687. The Morgan fingerprint density at radius 1 is 1.73 bits per heavy atom. The summed E-state index contributed by atoms with van der Waals surface area (Å²) in [5, 5.41) is 2.74. The molecule has 4 heteroatoms. The van der Waals surface area contributed by atoms with E-state index in [2.05, 4.69) is 5.32 Å². The van der Waals surface area contributed by atoms with Crippen molar-refractivity contribution in [2.24, 2.45) is 5.73 Å². The molecule has 0 radical (unpaired) electrons. The van der Waals surface area contributed by atoms with Crippen LogP contribution in [-0.2, 0) is 9.53 Å². The average molecular weight is 158 g/mol. The van der Waals surface area contributed by atoms with Gasteiger partial charge in [-0.1, -0.05) is 0 Å². The summed E-state index contributed by atoms with van der Waals surface area (Å²) in [5.74, 6) is -0.0687. The molecule has 0 aromatic heterocycles. The zero-order valence-electron chi connectivity index (χ0n) is 6.67. The molecular formula is C7H14N2O2. The predicted molar refractivity (Wildman–Crippen MR) is 41.0 cm³/mol. The van der Waals surface area contributed by atoms with Crippen molar-refractivity contribution in [2.45, 2.75) is 25.4 Å². The van der Waals surface area contributed by atoms with Gasteiger partial charge in [-0.2, -0.15) is 0 Å². The average Bonchev–Trinajstić information content (AvgIpc) is 1.95. The number of hydrogen-bond donors (Lipinski definition) is 2. The van der Waals surface area contributed by atoms with Crippen molar-refractivity contribution in [2.75, 3.05) is 13.2 Å². The van der Waals surface area contributed by atoms with Crippen molar-refractivity contribution in [3.8, 4) is 0 Å². The van der Waals surface area contributed by atoms with E-state index < -0.39 is 6.04 Å². The van der Waals surface area contributed by atoms with Gasteiger partial charge in [-0.25, -0.2) is 0 Å². The summed E-state index contributed by atoms with van der Waals surface area (Å²) >= 11 is 0. The summed E-state index contributed by atoms with van der Waals surface area (Å²) in [4.78, 5) is 11.1. The van der Waals surface area contributed by atoms with Crippen LogP contribution in [0, 0.1) is 0 Å². The molecule has 11 heavy (non-hydrogen) atoms. The molecule has 0 unspecified atom stereocenters. The van der Waals surface area contributed by atoms with E-state index in [1.54, 1.807) is 0 Å². The number of ether oxygens (including phenoxy) is 1. The van der Waals surface area contributed by atoms with Gasteiger partial charge in [0.2, 0.25) is 5.91 Å². The molecule has 0 aromatic carbocycles. The molecule has 1 saturated heterocycles. The van der Waals surface area contributed by atoms with E-state index in [4.69, 9.17) is 10.5 Å². The fourth-order valence-corrected chi connectivity index (χ4v) is 0.993. The number of nitrogens with two attached hydrogens (primary N) is 1. The first-order chi connectivity index (χ1) is 5.20. The van der Waals surface area contributed by atoms with E-state index in [-0.39, 0.29) is 11.9 Å². The Kier molecular flexibility index (Phi) is 2.84. The number of hydrogen-bond acceptors (Lipinski definition) is 3. The Bertz CT molecular complexity index is 149. The molecule has 0 saturated carbocycles. The molecule has 3 N–H and O–H groups in total. The van der Waals surface area contributed by atoms with Crippen LogP contribution in [0.4, 0.5) is 0 Å². The number of carbonyl (C=O) groups excluding carboxylic acids is 1. The van der Waals surface area contributed by atoms with Gasteiger partial charge in [-0.3, -0.25) is 4.79 Å². The number of rotatable bonds is 0. The SMILES string of the molecule is C[C@H]1COCC[C@H](N)C(=O)N1. The van der Waals surface area contributed by atoms with Gasteiger partial charge in [0.1, 0.15) is 0 Å². The molecule has 4 nitrogen and oxygen atoms in total. The van der Waals surface area contributed by atoms with Crippen molar-refractivity contribution < 1.29 is 9.53 Å². The number of carbonyl (C=O) groups is 1. The van der Waals surface area contributed by atoms with E-state index in [0.717, 1.165) is 0 Å². The smallest absolute Gasteiger partial charge is 0.237 e. The van der Waals surface area contributed by atoms with Crippen LogP contribution in [0.2, 0.25) is 0 Å². The molecule has 0 aliphatic carbocycles. The lowest BCUT2D eigenvalue weighted by Crippen LogP contribution is -2.48. The van der Waals surface area contributed by atoms with Crippen molar-refractivity contribution in [1.82, 2.24) is 5.32 Å². The van der Waals surface area contributed by atoms with Gasteiger partial charge in [-0.15, -0.1) is 0 Å². The maximum absolute atomic E-state index is 11.1. The number of nitrogens with one attached hydrogen (secondary N) is 1. The lowest BCUT2D eigenvalue weighted by molar-refractivity contribution is -0.124. The summed E-state index contributed by atoms with van der Waals surface area (Å²) in [7, 11) is 0. The highest BCUT2D eigenvalue weighted by Gasteiger charge is 2.18. The third-order valence-electron chi connectivity index (χ3n) is 1.67. The minimum Gasteiger partial charge on any atom is -0.379 e. The Morgan fingerprint density at radius 2 is 2.45 bits per heavy atom. The van der Waals surface area contributed by atoms with Crippen LogP contribution < -0.4 is 11.1 Å². The Morgan fingerprint density at radius 3 is 3.18 bits per heavy atom. The molecular weight excluding hydrogens is 144 g/mol. The molecule has 0 bridgehead atoms. The van der Waals surface area contributed by atoms with Crippen LogP contribution in [-0.4, -0.2) is 31.2 Å². The van der Waals surface area contributed by atoms with Crippen LogP contribution in [0.5, 0.6) is 0 Å². The monoisotopic (exact) mass is 158 g/mol. The zero-order valence-corrected chi connectivity index (χ0v) is 6.67. The van der Waals surface area contributed by atoms with Crippen LogP contribution in [0.25, 0.3) is 0 Å². The third kappa shape index (κ3) is 2.48. The summed E-state index contributed by atoms with van der Waals surface area (Å²) in [6.07, 6.45) is 0.610. The summed E-state index contributed by atoms with van der Waals surface area (Å²) in [6, 6.07) is -0.327. The molecule has 64 valence electrons. The first-order valence-electron chi connectivity index (χ1n) is 3.84. The fourth-order valence-electron chi connectivity index (χ4n) is 0.993. The summed E-state index contributed by atoms with van der Waals surface area (Å²) in [5.41, 5.74) is 5.52. The molecule has 0 spiro atoms. The third-order valence-corrected chi connectivity index (χ3v) is 1.67. The van der Waals surface area contributed by atoms with Gasteiger partial charge in [0, 0.05) is 12.6 Å². The Hall–Kier alpha value is -0.610. The molecule has 1 heterocycles. The van der Waals surface area contributed by atoms with Gasteiger partial charge in [0.25, 0.3) is 0 Å². The normalized spacial score (nSPS) is 33.8. The topological polar surface area (TPSA) is 64.3 Å². The summed E-state index contributed by atoms with van der Waals surface area (Å²) in [6.45, 7) is 3.06. The van der Waals surface area contributed by atoms with Gasteiger partial charge < -0.3 is 15.8 Å². The maximum atomic E-state index is 11.1. The lowest BCUT2D eigenvalue weighted by atomic mass is 10.2. The highest BCUT2D eigenvalue weighted by Crippen LogP contribution is 1.96. The largest absolute Gasteiger partial charge is 0.379 e. The first-order valence-corrected chi connectivity index (χ1v) is 3.84. The van der Waals surface area contributed by atoms with Crippen LogP contribution in [0.15, 0.2) is 0 Å². The van der Waals surface area contributed by atoms with Gasteiger partial charge in [0.05, 0.1) is 12.6 Å². The maximum Gasteiger partial charge on any atom is 0.237 e. The molecule has 1 rings (SSSR count). The van der Waals surface area contributed by atoms with Crippen molar-refractivity contribution in [3.63, 3.8) is 0 Å².